The molecule has 1 aliphatic heterocycles. The maximum atomic E-state index is 12.2. The summed E-state index contributed by atoms with van der Waals surface area (Å²) in [5.41, 5.74) is 1.21. The highest BCUT2D eigenvalue weighted by molar-refractivity contribution is 7.12. The molecule has 2 aromatic rings. The Morgan fingerprint density at radius 2 is 2.39 bits per heavy atom. The van der Waals surface area contributed by atoms with Crippen LogP contribution < -0.4 is 10.6 Å². The molecule has 2 aliphatic rings. The highest BCUT2D eigenvalue weighted by Crippen LogP contribution is 2.19. The van der Waals surface area contributed by atoms with Gasteiger partial charge in [0.25, 0.3) is 0 Å². The topological polar surface area (TPSA) is 62.2 Å². The third-order valence-electron chi connectivity index (χ3n) is 4.34. The van der Waals surface area contributed by atoms with Crippen LogP contribution in [-0.4, -0.2) is 52.1 Å². The van der Waals surface area contributed by atoms with Crippen LogP contribution in [0.1, 0.15) is 18.5 Å². The molecule has 122 valence electrons. The second-order valence-electron chi connectivity index (χ2n) is 6.21. The minimum Gasteiger partial charge on any atom is -0.352 e. The monoisotopic (exact) mass is 331 g/mol. The summed E-state index contributed by atoms with van der Waals surface area (Å²) < 4.78 is 2.13. The number of amides is 1. The Morgan fingerprint density at radius 3 is 3.17 bits per heavy atom. The Labute approximate surface area is 139 Å². The van der Waals surface area contributed by atoms with Crippen molar-refractivity contribution in [3.05, 3.63) is 35.6 Å². The third-order valence-corrected chi connectivity index (χ3v) is 5.11. The summed E-state index contributed by atoms with van der Waals surface area (Å²) in [5, 5.41) is 9.41. The molecule has 0 unspecified atom stereocenters. The molecule has 1 amide bonds. The number of nitrogens with one attached hydrogen (secondary N) is 2. The molecule has 1 aliphatic carbocycles. The van der Waals surface area contributed by atoms with Gasteiger partial charge in [0.2, 0.25) is 5.91 Å². The number of hydrogen-bond donors (Lipinski definition) is 2. The largest absolute Gasteiger partial charge is 0.352 e. The van der Waals surface area contributed by atoms with Gasteiger partial charge < -0.3 is 10.6 Å². The minimum absolute atomic E-state index is 0.104. The van der Waals surface area contributed by atoms with Gasteiger partial charge in [0.1, 0.15) is 0 Å². The van der Waals surface area contributed by atoms with Crippen molar-refractivity contribution in [3.8, 4) is 5.13 Å². The number of thiazole rings is 1. The van der Waals surface area contributed by atoms with E-state index in [4.69, 9.17) is 0 Å². The lowest BCUT2D eigenvalue weighted by atomic mass is 10.2. The van der Waals surface area contributed by atoms with E-state index in [9.17, 15) is 4.79 Å². The summed E-state index contributed by atoms with van der Waals surface area (Å²) in [7, 11) is 0. The van der Waals surface area contributed by atoms with E-state index in [0.717, 1.165) is 44.2 Å². The smallest absolute Gasteiger partial charge is 0.238 e. The second-order valence-corrected chi connectivity index (χ2v) is 7.08. The third kappa shape index (κ3) is 3.46. The van der Waals surface area contributed by atoms with Gasteiger partial charge in [0.05, 0.1) is 6.04 Å². The molecule has 1 saturated carbocycles. The fourth-order valence-electron chi connectivity index (χ4n) is 2.96. The molecule has 1 atom stereocenters. The number of carbonyl (C=O) groups is 1. The van der Waals surface area contributed by atoms with E-state index in [1.165, 1.54) is 5.69 Å². The molecular weight excluding hydrogens is 310 g/mol. The van der Waals surface area contributed by atoms with Crippen LogP contribution in [0.5, 0.6) is 0 Å². The molecule has 0 aromatic carbocycles. The maximum absolute atomic E-state index is 12.2. The van der Waals surface area contributed by atoms with Crippen molar-refractivity contribution in [1.29, 1.82) is 0 Å². The zero-order valence-corrected chi connectivity index (χ0v) is 13.8. The average Bonchev–Trinajstić information content (AvgIpc) is 3.03. The van der Waals surface area contributed by atoms with Gasteiger partial charge >= 0.3 is 0 Å². The molecule has 4 rings (SSSR count). The van der Waals surface area contributed by atoms with Gasteiger partial charge in [0.15, 0.2) is 5.13 Å². The highest BCUT2D eigenvalue weighted by Gasteiger charge is 2.30. The van der Waals surface area contributed by atoms with E-state index in [-0.39, 0.29) is 11.9 Å². The van der Waals surface area contributed by atoms with Crippen molar-refractivity contribution in [3.63, 3.8) is 0 Å². The summed E-state index contributed by atoms with van der Waals surface area (Å²) in [6.07, 6.45) is 6.13. The van der Waals surface area contributed by atoms with Crippen LogP contribution in [0.4, 0.5) is 0 Å². The van der Waals surface area contributed by atoms with E-state index in [2.05, 4.69) is 37.2 Å². The van der Waals surface area contributed by atoms with Gasteiger partial charge in [-0.2, -0.15) is 0 Å². The van der Waals surface area contributed by atoms with Gasteiger partial charge in [-0.25, -0.2) is 4.98 Å². The molecule has 6 nitrogen and oxygen atoms in total. The fraction of sp³-hybridized carbons (Fsp3) is 0.500. The lowest BCUT2D eigenvalue weighted by molar-refractivity contribution is -0.124. The van der Waals surface area contributed by atoms with Crippen molar-refractivity contribution in [2.75, 3.05) is 19.6 Å². The van der Waals surface area contributed by atoms with E-state index in [0.29, 0.717) is 6.04 Å². The van der Waals surface area contributed by atoms with Gasteiger partial charge in [-0.05, 0) is 25.0 Å². The summed E-state index contributed by atoms with van der Waals surface area (Å²) in [6, 6.07) is 4.49. The van der Waals surface area contributed by atoms with E-state index >= 15 is 0 Å². The predicted octanol–water partition coefficient (Wildman–Crippen LogP) is 0.986. The Hall–Kier alpha value is -1.70. The van der Waals surface area contributed by atoms with Crippen LogP contribution in [0.25, 0.3) is 5.13 Å². The average molecular weight is 331 g/mol. The Bertz CT molecular complexity index is 664. The van der Waals surface area contributed by atoms with Crippen LogP contribution in [0.15, 0.2) is 29.9 Å². The van der Waals surface area contributed by atoms with E-state index in [1.54, 1.807) is 11.3 Å². The number of piperazine rings is 1. The van der Waals surface area contributed by atoms with Gasteiger partial charge in [-0.1, -0.05) is 0 Å². The molecule has 0 radical (unpaired) electrons. The molecule has 2 aromatic heterocycles. The summed E-state index contributed by atoms with van der Waals surface area (Å²) >= 11 is 1.63. The number of hydrogen-bond acceptors (Lipinski definition) is 5. The summed E-state index contributed by atoms with van der Waals surface area (Å²) in [4.78, 5) is 19.0. The Morgan fingerprint density at radius 1 is 1.48 bits per heavy atom. The molecule has 1 saturated heterocycles. The summed E-state index contributed by atoms with van der Waals surface area (Å²) in [6.45, 7) is 3.39. The van der Waals surface area contributed by atoms with Crippen LogP contribution >= 0.6 is 11.3 Å². The first-order chi connectivity index (χ1) is 11.3. The lowest BCUT2D eigenvalue weighted by Gasteiger charge is -2.33. The first-order valence-electron chi connectivity index (χ1n) is 8.12. The zero-order chi connectivity index (χ0) is 15.6. The number of nitrogens with zero attached hydrogens (tertiary/aromatic N) is 3. The SMILES string of the molecule is O=C(NC1CC1)[C@@H]1CN(Cc2cccn2-c2nccs2)CCN1. The van der Waals surface area contributed by atoms with Crippen LogP contribution in [-0.2, 0) is 11.3 Å². The van der Waals surface area contributed by atoms with Crippen molar-refractivity contribution >= 4 is 17.2 Å². The first-order valence-corrected chi connectivity index (χ1v) is 9.00. The second kappa shape index (κ2) is 6.43. The number of aromatic nitrogens is 2. The van der Waals surface area contributed by atoms with Crippen molar-refractivity contribution < 1.29 is 4.79 Å². The normalized spacial score (nSPS) is 22.2. The zero-order valence-electron chi connectivity index (χ0n) is 12.9. The standard InChI is InChI=1S/C16H21N5OS/c22-15(19-12-3-4-12)14-11-20(8-5-17-14)10-13-2-1-7-21(13)16-18-6-9-23-16/h1-2,6-7,9,12,14,17H,3-5,8,10-11H2,(H,19,22)/t14-/m0/s1. The predicted molar refractivity (Wildman–Crippen MR) is 89.7 cm³/mol. The molecule has 7 heteroatoms. The fourth-order valence-corrected chi connectivity index (χ4v) is 3.61. The Kier molecular flexibility index (Phi) is 4.15. The Balaban J connectivity index is 1.40. The van der Waals surface area contributed by atoms with Crippen LogP contribution in [0, 0.1) is 0 Å². The molecule has 0 bridgehead atoms. The number of carbonyl (C=O) groups excluding carboxylic acids is 1. The minimum atomic E-state index is -0.104. The van der Waals surface area contributed by atoms with E-state index in [1.807, 2.05) is 17.8 Å². The number of rotatable bonds is 5. The molecule has 23 heavy (non-hydrogen) atoms. The van der Waals surface area contributed by atoms with Gasteiger partial charge in [-0.3, -0.25) is 14.3 Å². The maximum Gasteiger partial charge on any atom is 0.238 e. The van der Waals surface area contributed by atoms with Gasteiger partial charge in [0, 0.05) is 55.7 Å². The van der Waals surface area contributed by atoms with Crippen molar-refractivity contribution in [2.45, 2.75) is 31.5 Å². The van der Waals surface area contributed by atoms with Crippen LogP contribution in [0.2, 0.25) is 0 Å². The van der Waals surface area contributed by atoms with E-state index < -0.39 is 0 Å². The molecule has 2 fully saturated rings. The molecule has 3 heterocycles. The highest BCUT2D eigenvalue weighted by atomic mass is 32.1. The quantitative estimate of drug-likeness (QED) is 0.858. The summed E-state index contributed by atoms with van der Waals surface area (Å²) in [5.74, 6) is 0.146. The van der Waals surface area contributed by atoms with Gasteiger partial charge in [-0.15, -0.1) is 11.3 Å². The molecule has 2 N–H and O–H groups in total. The van der Waals surface area contributed by atoms with Crippen molar-refractivity contribution in [2.24, 2.45) is 0 Å². The molecule has 0 spiro atoms. The lowest BCUT2D eigenvalue weighted by Crippen LogP contribution is -2.57. The van der Waals surface area contributed by atoms with Crippen molar-refractivity contribution in [1.82, 2.24) is 25.1 Å². The molecular formula is C16H21N5OS. The first kappa shape index (κ1) is 14.9. The van der Waals surface area contributed by atoms with Crippen LogP contribution in [0.3, 0.4) is 0 Å².